The summed E-state index contributed by atoms with van der Waals surface area (Å²) in [6, 6.07) is 0.811. The first-order chi connectivity index (χ1) is 13.1. The number of piperidine rings is 2. The van der Waals surface area contributed by atoms with Crippen molar-refractivity contribution in [1.82, 2.24) is 14.7 Å². The summed E-state index contributed by atoms with van der Waals surface area (Å²) in [7, 11) is 0. The first kappa shape index (κ1) is 22.6. The number of likely N-dealkylation sites (tertiary alicyclic amines) is 3. The van der Waals surface area contributed by atoms with Gasteiger partial charge >= 0.3 is 0 Å². The lowest BCUT2D eigenvalue weighted by Crippen LogP contribution is -2.55. The van der Waals surface area contributed by atoms with Crippen LogP contribution >= 0.6 is 0 Å². The van der Waals surface area contributed by atoms with Crippen LogP contribution in [-0.2, 0) is 0 Å². The largest absolute Gasteiger partial charge is 0.303 e. The van der Waals surface area contributed by atoms with E-state index in [4.69, 9.17) is 0 Å². The topological polar surface area (TPSA) is 9.72 Å². The third-order valence-electron chi connectivity index (χ3n) is 7.60. The van der Waals surface area contributed by atoms with Crippen LogP contribution in [0.25, 0.3) is 0 Å². The summed E-state index contributed by atoms with van der Waals surface area (Å²) in [6.45, 7) is 23.9. The van der Waals surface area contributed by atoms with Crippen LogP contribution in [-0.4, -0.2) is 72.1 Å². The average Bonchev–Trinajstić information content (AvgIpc) is 3.09. The molecule has 3 heteroatoms. The molecular weight excluding hydrogens is 342 g/mol. The van der Waals surface area contributed by atoms with Crippen LogP contribution in [0.2, 0.25) is 0 Å². The van der Waals surface area contributed by atoms with Gasteiger partial charge in [0.25, 0.3) is 0 Å². The van der Waals surface area contributed by atoms with Gasteiger partial charge in [0.2, 0.25) is 0 Å². The Hall–Kier alpha value is -0.120. The first-order valence-electron chi connectivity index (χ1n) is 12.3. The molecular formula is C25H49N3. The van der Waals surface area contributed by atoms with Crippen molar-refractivity contribution >= 4 is 0 Å². The Morgan fingerprint density at radius 3 is 2.04 bits per heavy atom. The van der Waals surface area contributed by atoms with E-state index in [1.165, 1.54) is 90.8 Å². The van der Waals surface area contributed by atoms with Gasteiger partial charge in [-0.15, -0.1) is 0 Å². The number of hydrogen-bond acceptors (Lipinski definition) is 3. The lowest BCUT2D eigenvalue weighted by molar-refractivity contribution is 0.00367. The highest BCUT2D eigenvalue weighted by atomic mass is 15.2. The first-order valence-corrected chi connectivity index (χ1v) is 12.3. The van der Waals surface area contributed by atoms with Crippen LogP contribution in [0.4, 0.5) is 0 Å². The summed E-state index contributed by atoms with van der Waals surface area (Å²) in [5.41, 5.74) is 0.753. The molecule has 0 radical (unpaired) electrons. The molecule has 0 aromatic carbocycles. The van der Waals surface area contributed by atoms with Crippen molar-refractivity contribution in [2.24, 2.45) is 17.3 Å². The zero-order valence-corrected chi connectivity index (χ0v) is 20.0. The van der Waals surface area contributed by atoms with E-state index in [0.717, 1.165) is 17.9 Å². The van der Waals surface area contributed by atoms with Gasteiger partial charge in [0.15, 0.2) is 0 Å². The molecule has 3 rings (SSSR count). The van der Waals surface area contributed by atoms with Gasteiger partial charge in [0.05, 0.1) is 0 Å². The van der Waals surface area contributed by atoms with Crippen molar-refractivity contribution in [2.45, 2.75) is 98.1 Å². The van der Waals surface area contributed by atoms with Crippen LogP contribution in [0, 0.1) is 17.3 Å². The maximum atomic E-state index is 2.92. The molecule has 0 aromatic rings. The maximum absolute atomic E-state index is 2.92. The van der Waals surface area contributed by atoms with Gasteiger partial charge in [-0.2, -0.15) is 0 Å². The standard InChI is InChI=1S/C25H49N3/c1-24(2,3)17-23-11-7-8-15-27(23)19-22-20-28(25(4,5)6)16-12-21(22)18-26-13-9-10-14-26/h21-23H,7-20H2,1-6H3. The molecule has 3 saturated heterocycles. The molecule has 0 bridgehead atoms. The number of rotatable bonds is 5. The second-order valence-corrected chi connectivity index (χ2v) is 12.3. The van der Waals surface area contributed by atoms with Gasteiger partial charge in [-0.05, 0) is 103 Å². The van der Waals surface area contributed by atoms with E-state index in [1.807, 2.05) is 0 Å². The minimum Gasteiger partial charge on any atom is -0.303 e. The Morgan fingerprint density at radius 2 is 1.39 bits per heavy atom. The molecule has 3 unspecified atom stereocenters. The van der Waals surface area contributed by atoms with Gasteiger partial charge < -0.3 is 9.80 Å². The zero-order chi connectivity index (χ0) is 20.4. The van der Waals surface area contributed by atoms with Crippen molar-refractivity contribution in [3.8, 4) is 0 Å². The second-order valence-electron chi connectivity index (χ2n) is 12.3. The van der Waals surface area contributed by atoms with Crippen LogP contribution in [0.15, 0.2) is 0 Å². The average molecular weight is 392 g/mol. The predicted molar refractivity (Wildman–Crippen MR) is 122 cm³/mol. The molecule has 28 heavy (non-hydrogen) atoms. The van der Waals surface area contributed by atoms with Gasteiger partial charge in [0, 0.05) is 31.2 Å². The molecule has 3 fully saturated rings. The summed E-state index contributed by atoms with van der Waals surface area (Å²) >= 11 is 0. The molecule has 3 atom stereocenters. The molecule has 0 amide bonds. The molecule has 0 spiro atoms. The SMILES string of the molecule is CC(C)(C)CC1CCCCN1CC1CN(C(C)(C)C)CCC1CN1CCCC1. The van der Waals surface area contributed by atoms with Crippen LogP contribution in [0.1, 0.15) is 86.5 Å². The molecule has 0 aromatic heterocycles. The maximum Gasteiger partial charge on any atom is 0.0125 e. The molecule has 3 aliphatic heterocycles. The normalized spacial score (nSPS) is 32.1. The summed E-state index contributed by atoms with van der Waals surface area (Å²) in [4.78, 5) is 8.47. The van der Waals surface area contributed by atoms with Gasteiger partial charge in [-0.1, -0.05) is 27.2 Å². The van der Waals surface area contributed by atoms with Crippen LogP contribution in [0.5, 0.6) is 0 Å². The quantitative estimate of drug-likeness (QED) is 0.645. The Labute approximate surface area is 176 Å². The van der Waals surface area contributed by atoms with E-state index in [2.05, 4.69) is 56.2 Å². The van der Waals surface area contributed by atoms with Crippen molar-refractivity contribution < 1.29 is 0 Å². The lowest BCUT2D eigenvalue weighted by Gasteiger charge is -2.48. The fourth-order valence-corrected chi connectivity index (χ4v) is 5.97. The van der Waals surface area contributed by atoms with E-state index >= 15 is 0 Å². The molecule has 0 N–H and O–H groups in total. The minimum absolute atomic E-state index is 0.309. The molecule has 3 heterocycles. The lowest BCUT2D eigenvalue weighted by atomic mass is 9.80. The van der Waals surface area contributed by atoms with E-state index in [0.29, 0.717) is 11.0 Å². The molecule has 3 aliphatic rings. The summed E-state index contributed by atoms with van der Waals surface area (Å²) in [6.07, 6.45) is 9.87. The fourth-order valence-electron chi connectivity index (χ4n) is 5.97. The Kier molecular flexibility index (Phi) is 7.53. The van der Waals surface area contributed by atoms with Crippen molar-refractivity contribution in [3.63, 3.8) is 0 Å². The van der Waals surface area contributed by atoms with Crippen LogP contribution < -0.4 is 0 Å². The highest BCUT2D eigenvalue weighted by Gasteiger charge is 2.37. The van der Waals surface area contributed by atoms with E-state index in [9.17, 15) is 0 Å². The molecule has 0 saturated carbocycles. The summed E-state index contributed by atoms with van der Waals surface area (Å²) < 4.78 is 0. The Bertz CT molecular complexity index is 469. The van der Waals surface area contributed by atoms with E-state index in [-0.39, 0.29) is 0 Å². The minimum atomic E-state index is 0.309. The highest BCUT2D eigenvalue weighted by molar-refractivity contribution is 4.91. The third-order valence-corrected chi connectivity index (χ3v) is 7.60. The Balaban J connectivity index is 1.68. The molecule has 3 nitrogen and oxygen atoms in total. The van der Waals surface area contributed by atoms with Gasteiger partial charge in [-0.3, -0.25) is 4.90 Å². The van der Waals surface area contributed by atoms with Gasteiger partial charge in [0.1, 0.15) is 0 Å². The smallest absolute Gasteiger partial charge is 0.0125 e. The zero-order valence-electron chi connectivity index (χ0n) is 20.0. The number of hydrogen-bond donors (Lipinski definition) is 0. The van der Waals surface area contributed by atoms with Crippen molar-refractivity contribution in [2.75, 3.05) is 45.8 Å². The second kappa shape index (κ2) is 9.35. The van der Waals surface area contributed by atoms with Gasteiger partial charge in [-0.25, -0.2) is 0 Å². The molecule has 164 valence electrons. The highest BCUT2D eigenvalue weighted by Crippen LogP contribution is 2.34. The monoisotopic (exact) mass is 391 g/mol. The van der Waals surface area contributed by atoms with E-state index < -0.39 is 0 Å². The number of nitrogens with zero attached hydrogens (tertiary/aromatic N) is 3. The van der Waals surface area contributed by atoms with Crippen molar-refractivity contribution in [1.29, 1.82) is 0 Å². The summed E-state index contributed by atoms with van der Waals surface area (Å²) in [5.74, 6) is 1.74. The van der Waals surface area contributed by atoms with E-state index in [1.54, 1.807) is 0 Å². The predicted octanol–water partition coefficient (Wildman–Crippen LogP) is 5.11. The summed E-state index contributed by atoms with van der Waals surface area (Å²) in [5, 5.41) is 0. The van der Waals surface area contributed by atoms with Crippen molar-refractivity contribution in [3.05, 3.63) is 0 Å². The molecule has 0 aliphatic carbocycles. The van der Waals surface area contributed by atoms with Crippen LogP contribution in [0.3, 0.4) is 0 Å². The fraction of sp³-hybridized carbons (Fsp3) is 1.00. The third kappa shape index (κ3) is 6.44. The Morgan fingerprint density at radius 1 is 0.714 bits per heavy atom.